The molecule has 0 bridgehead atoms. The summed E-state index contributed by atoms with van der Waals surface area (Å²) in [5.74, 6) is -3.72. The highest BCUT2D eigenvalue weighted by Crippen LogP contribution is 2.56. The molecule has 0 aliphatic carbocycles. The van der Waals surface area contributed by atoms with Gasteiger partial charge in [-0.05, 0) is 35.9 Å². The molecule has 170 valence electrons. The van der Waals surface area contributed by atoms with Crippen molar-refractivity contribution < 1.29 is 39.1 Å². The second-order valence-electron chi connectivity index (χ2n) is 7.58. The molecule has 3 aromatic carbocycles. The fraction of sp³-hybridized carbons (Fsp3) is 0. The molecule has 1 aliphatic rings. The first-order valence-electron chi connectivity index (χ1n) is 9.95. The second kappa shape index (κ2) is 7.54. The third-order valence-electron chi connectivity index (χ3n) is 5.55. The summed E-state index contributed by atoms with van der Waals surface area (Å²) in [5, 5.41) is 40.5. The minimum Gasteiger partial charge on any atom is -0.494 e. The molecule has 0 amide bonds. The van der Waals surface area contributed by atoms with Crippen molar-refractivity contribution in [3.05, 3.63) is 83.9 Å². The number of aromatic hydroxyl groups is 2. The van der Waals surface area contributed by atoms with Crippen LogP contribution in [0.5, 0.6) is 17.5 Å². The molecule has 0 radical (unpaired) electrons. The molecule has 0 fully saturated rings. The van der Waals surface area contributed by atoms with E-state index in [2.05, 4.69) is 0 Å². The number of hydrogen-bond acceptors (Lipinski definition) is 6. The molecule has 4 N–H and O–H groups in total. The van der Waals surface area contributed by atoms with Gasteiger partial charge >= 0.3 is 19.3 Å². The maximum Gasteiger partial charge on any atom is 0.335 e. The van der Waals surface area contributed by atoms with Crippen molar-refractivity contribution in [2.45, 2.75) is 0 Å². The Balaban J connectivity index is 1.74. The summed E-state index contributed by atoms with van der Waals surface area (Å²) in [4.78, 5) is 23.0. The summed E-state index contributed by atoms with van der Waals surface area (Å²) in [6.45, 7) is 0. The fourth-order valence-corrected chi connectivity index (χ4v) is 6.36. The summed E-state index contributed by atoms with van der Waals surface area (Å²) in [7, 11) is -3.98. The van der Waals surface area contributed by atoms with Crippen molar-refractivity contribution in [2.24, 2.45) is 0 Å². The van der Waals surface area contributed by atoms with Crippen molar-refractivity contribution >= 4 is 29.9 Å². The van der Waals surface area contributed by atoms with Crippen LogP contribution in [0, 0.1) is 0 Å². The number of para-hydroxylation sites is 1. The van der Waals surface area contributed by atoms with E-state index in [0.717, 1.165) is 28.8 Å². The smallest absolute Gasteiger partial charge is 0.335 e. The van der Waals surface area contributed by atoms with E-state index in [-0.39, 0.29) is 22.1 Å². The second-order valence-corrected chi connectivity index (χ2v) is 9.83. The minimum atomic E-state index is -3.98. The number of nitrogens with zero attached hydrogens (tertiary/aromatic N) is 1. The third kappa shape index (κ3) is 3.14. The van der Waals surface area contributed by atoms with Gasteiger partial charge in [-0.2, -0.15) is 0 Å². The molecular formula is C24H16NO8P. The van der Waals surface area contributed by atoms with Crippen LogP contribution in [-0.2, 0) is 4.57 Å². The van der Waals surface area contributed by atoms with Gasteiger partial charge in [0.05, 0.1) is 22.1 Å². The molecule has 9 nitrogen and oxygen atoms in total. The zero-order chi connectivity index (χ0) is 24.2. The average molecular weight is 477 g/mol. The zero-order valence-electron chi connectivity index (χ0n) is 17.2. The Morgan fingerprint density at radius 3 is 2.00 bits per heavy atom. The Labute approximate surface area is 192 Å². The molecule has 1 atom stereocenters. The maximum atomic E-state index is 14.3. The molecular weight excluding hydrogens is 461 g/mol. The number of aromatic nitrogens is 1. The predicted molar refractivity (Wildman–Crippen MR) is 122 cm³/mol. The van der Waals surface area contributed by atoms with Gasteiger partial charge in [-0.15, -0.1) is 0 Å². The number of rotatable bonds is 4. The molecule has 1 unspecified atom stereocenters. The van der Waals surface area contributed by atoms with Gasteiger partial charge in [0.25, 0.3) is 0 Å². The molecule has 0 saturated heterocycles. The number of aromatic carboxylic acids is 2. The summed E-state index contributed by atoms with van der Waals surface area (Å²) in [6.07, 6.45) is 0. The van der Waals surface area contributed by atoms with Crippen LogP contribution in [0.3, 0.4) is 0 Å². The van der Waals surface area contributed by atoms with Gasteiger partial charge in [0.1, 0.15) is 11.1 Å². The van der Waals surface area contributed by atoms with E-state index in [9.17, 15) is 34.6 Å². The standard InChI is InChI=1S/C24H16NO8P/c26-21-12-20(22(27)25(21)15-10-13(23(28)29)9-14(11-15)24(30)31)34(32)19-8-4-2-6-17(19)16-5-1-3-7-18(16)33-34/h1-12,26-27H,(H,28,29)(H,30,31). The molecule has 1 aromatic heterocycles. The van der Waals surface area contributed by atoms with E-state index >= 15 is 0 Å². The molecule has 0 saturated carbocycles. The highest BCUT2D eigenvalue weighted by Gasteiger charge is 2.42. The lowest BCUT2D eigenvalue weighted by Crippen LogP contribution is -2.25. The summed E-state index contributed by atoms with van der Waals surface area (Å²) < 4.78 is 21.0. The molecule has 4 aromatic rings. The Hall–Kier alpha value is -4.49. The van der Waals surface area contributed by atoms with Crippen molar-refractivity contribution in [1.82, 2.24) is 4.57 Å². The SMILES string of the molecule is O=C(O)c1cc(C(=O)O)cc(-n2c(O)cc(P3(=O)Oc4ccccc4-c4ccccc43)c2O)c1. The normalized spacial score (nSPS) is 16.2. The maximum absolute atomic E-state index is 14.3. The van der Waals surface area contributed by atoms with Crippen molar-refractivity contribution in [2.75, 3.05) is 0 Å². The van der Waals surface area contributed by atoms with Crippen LogP contribution in [-0.4, -0.2) is 36.9 Å². The van der Waals surface area contributed by atoms with Gasteiger partial charge in [0.2, 0.25) is 5.88 Å². The Bertz CT molecular complexity index is 1520. The van der Waals surface area contributed by atoms with Crippen molar-refractivity contribution in [3.63, 3.8) is 0 Å². The van der Waals surface area contributed by atoms with Crippen LogP contribution in [0.25, 0.3) is 16.8 Å². The highest BCUT2D eigenvalue weighted by molar-refractivity contribution is 7.75. The van der Waals surface area contributed by atoms with Crippen molar-refractivity contribution in [1.29, 1.82) is 0 Å². The first kappa shape index (κ1) is 21.4. The van der Waals surface area contributed by atoms with E-state index in [1.165, 1.54) is 0 Å². The number of fused-ring (bicyclic) bond motifs is 3. The van der Waals surface area contributed by atoms with Crippen LogP contribution in [0.15, 0.2) is 72.8 Å². The fourth-order valence-electron chi connectivity index (χ4n) is 4.03. The molecule has 0 spiro atoms. The molecule has 2 heterocycles. The lowest BCUT2D eigenvalue weighted by atomic mass is 10.0. The monoisotopic (exact) mass is 477 g/mol. The van der Waals surface area contributed by atoms with Crippen LogP contribution in [0.1, 0.15) is 20.7 Å². The largest absolute Gasteiger partial charge is 0.494 e. The Kier molecular flexibility index (Phi) is 4.73. The molecule has 5 rings (SSSR count). The molecule has 34 heavy (non-hydrogen) atoms. The van der Waals surface area contributed by atoms with Gasteiger partial charge in [0, 0.05) is 11.6 Å². The van der Waals surface area contributed by atoms with Gasteiger partial charge in [-0.3, -0.25) is 9.13 Å². The first-order valence-corrected chi connectivity index (χ1v) is 11.6. The summed E-state index contributed by atoms with van der Waals surface area (Å²) >= 11 is 0. The highest BCUT2D eigenvalue weighted by atomic mass is 31.2. The van der Waals surface area contributed by atoms with E-state index in [0.29, 0.717) is 22.2 Å². The number of benzene rings is 3. The van der Waals surface area contributed by atoms with Gasteiger partial charge in [-0.25, -0.2) is 9.59 Å². The van der Waals surface area contributed by atoms with Gasteiger partial charge in [-0.1, -0.05) is 36.4 Å². The van der Waals surface area contributed by atoms with Crippen LogP contribution in [0.4, 0.5) is 0 Å². The van der Waals surface area contributed by atoms with Gasteiger partial charge in [0.15, 0.2) is 5.88 Å². The van der Waals surface area contributed by atoms with E-state index in [4.69, 9.17) is 4.52 Å². The number of hydrogen-bond donors (Lipinski definition) is 4. The average Bonchev–Trinajstić information content (AvgIpc) is 3.13. The predicted octanol–water partition coefficient (Wildman–Crippen LogP) is 3.57. The Morgan fingerprint density at radius 1 is 0.765 bits per heavy atom. The number of carboxylic acids is 2. The first-order chi connectivity index (χ1) is 16.2. The summed E-state index contributed by atoms with van der Waals surface area (Å²) in [5.41, 5.74) is 0.469. The third-order valence-corrected chi connectivity index (χ3v) is 7.99. The van der Waals surface area contributed by atoms with Gasteiger partial charge < -0.3 is 24.9 Å². The van der Waals surface area contributed by atoms with E-state index in [1.807, 2.05) is 12.1 Å². The summed E-state index contributed by atoms with van der Waals surface area (Å²) in [6, 6.07) is 18.0. The minimum absolute atomic E-state index is 0.143. The molecule has 1 aliphatic heterocycles. The topological polar surface area (TPSA) is 146 Å². The quantitative estimate of drug-likeness (QED) is 0.326. The van der Waals surface area contributed by atoms with E-state index in [1.54, 1.807) is 36.4 Å². The zero-order valence-corrected chi connectivity index (χ0v) is 18.1. The van der Waals surface area contributed by atoms with E-state index < -0.39 is 31.1 Å². The van der Waals surface area contributed by atoms with Crippen molar-refractivity contribution in [3.8, 4) is 34.3 Å². The lowest BCUT2D eigenvalue weighted by Gasteiger charge is -2.28. The molecule has 10 heteroatoms. The number of carbonyl (C=O) groups is 2. The van der Waals surface area contributed by atoms with Crippen LogP contribution in [0.2, 0.25) is 0 Å². The number of carboxylic acid groups (broad SMARTS) is 2. The lowest BCUT2D eigenvalue weighted by molar-refractivity contribution is 0.0696. The Morgan fingerprint density at radius 2 is 1.35 bits per heavy atom. The van der Waals surface area contributed by atoms with Crippen LogP contribution >= 0.6 is 7.37 Å². The van der Waals surface area contributed by atoms with Crippen LogP contribution < -0.4 is 15.1 Å².